The molecule has 1 heterocycles. The topological polar surface area (TPSA) is 55.6 Å². The van der Waals surface area contributed by atoms with Crippen molar-refractivity contribution in [3.63, 3.8) is 0 Å². The van der Waals surface area contributed by atoms with E-state index in [4.69, 9.17) is 20.9 Å². The van der Waals surface area contributed by atoms with Crippen LogP contribution in [0.2, 0.25) is 5.02 Å². The van der Waals surface area contributed by atoms with Gasteiger partial charge in [-0.05, 0) is 19.1 Å². The first kappa shape index (κ1) is 16.1. The van der Waals surface area contributed by atoms with Gasteiger partial charge in [0.15, 0.2) is 5.76 Å². The quantitative estimate of drug-likeness (QED) is 0.786. The molecular formula is C16H17ClN2O3. The van der Waals surface area contributed by atoms with Crippen LogP contribution in [-0.2, 0) is 4.74 Å². The molecule has 0 radical (unpaired) electrons. The maximum Gasteiger partial charge on any atom is 0.344 e. The molecule has 2 rings (SSSR count). The molecule has 1 aromatic heterocycles. The highest BCUT2D eigenvalue weighted by Crippen LogP contribution is 2.28. The molecule has 0 saturated carbocycles. The Bertz CT molecular complexity index is 675. The predicted molar refractivity (Wildman–Crippen MR) is 85.6 cm³/mol. The molecular weight excluding hydrogens is 304 g/mol. The third-order valence-electron chi connectivity index (χ3n) is 2.84. The van der Waals surface area contributed by atoms with Crippen molar-refractivity contribution in [1.82, 2.24) is 10.1 Å². The Balaban J connectivity index is 2.49. The standard InChI is InChI=1S/C16H17ClN2O3/c1-4-21-16(20)14-13(9-10-19(2)3)22-18-15(14)11-5-7-12(17)8-6-11/h5-10H,4H2,1-3H3/b10-9+. The van der Waals surface area contributed by atoms with Crippen LogP contribution in [0.1, 0.15) is 23.0 Å². The summed E-state index contributed by atoms with van der Waals surface area (Å²) in [5.41, 5.74) is 1.48. The minimum atomic E-state index is -0.466. The average Bonchev–Trinajstić information content (AvgIpc) is 2.90. The van der Waals surface area contributed by atoms with Gasteiger partial charge in [0.25, 0.3) is 0 Å². The van der Waals surface area contributed by atoms with E-state index in [0.29, 0.717) is 22.0 Å². The molecule has 0 unspecified atom stereocenters. The second kappa shape index (κ2) is 7.13. The molecule has 5 nitrogen and oxygen atoms in total. The second-order valence-corrected chi connectivity index (χ2v) is 5.21. The number of hydrogen-bond donors (Lipinski definition) is 0. The average molecular weight is 321 g/mol. The van der Waals surface area contributed by atoms with E-state index < -0.39 is 5.97 Å². The van der Waals surface area contributed by atoms with Gasteiger partial charge in [0.05, 0.1) is 6.61 Å². The van der Waals surface area contributed by atoms with E-state index in [1.54, 1.807) is 43.5 Å². The minimum Gasteiger partial charge on any atom is -0.462 e. The zero-order valence-corrected chi connectivity index (χ0v) is 13.4. The van der Waals surface area contributed by atoms with Crippen molar-refractivity contribution in [2.75, 3.05) is 20.7 Å². The van der Waals surface area contributed by atoms with Crippen molar-refractivity contribution in [3.8, 4) is 11.3 Å². The van der Waals surface area contributed by atoms with Crippen molar-refractivity contribution >= 4 is 23.6 Å². The first-order valence-electron chi connectivity index (χ1n) is 6.80. The van der Waals surface area contributed by atoms with Crippen LogP contribution < -0.4 is 0 Å². The van der Waals surface area contributed by atoms with E-state index >= 15 is 0 Å². The van der Waals surface area contributed by atoms with Crippen LogP contribution in [0.5, 0.6) is 0 Å². The Morgan fingerprint density at radius 3 is 2.64 bits per heavy atom. The third kappa shape index (κ3) is 3.68. The monoisotopic (exact) mass is 320 g/mol. The summed E-state index contributed by atoms with van der Waals surface area (Å²) in [6, 6.07) is 7.02. The Morgan fingerprint density at radius 2 is 2.05 bits per heavy atom. The van der Waals surface area contributed by atoms with Gasteiger partial charge in [-0.3, -0.25) is 0 Å². The molecule has 0 bridgehead atoms. The maximum atomic E-state index is 12.2. The van der Waals surface area contributed by atoms with Gasteiger partial charge in [0.2, 0.25) is 0 Å². The first-order valence-corrected chi connectivity index (χ1v) is 7.18. The van der Waals surface area contributed by atoms with Gasteiger partial charge in [-0.25, -0.2) is 4.79 Å². The molecule has 116 valence electrons. The van der Waals surface area contributed by atoms with E-state index in [0.717, 1.165) is 5.56 Å². The normalized spacial score (nSPS) is 10.9. The molecule has 0 saturated heterocycles. The molecule has 1 aromatic carbocycles. The summed E-state index contributed by atoms with van der Waals surface area (Å²) in [6.45, 7) is 2.03. The summed E-state index contributed by atoms with van der Waals surface area (Å²) in [4.78, 5) is 14.1. The zero-order valence-electron chi connectivity index (χ0n) is 12.7. The minimum absolute atomic E-state index is 0.279. The van der Waals surface area contributed by atoms with Crippen molar-refractivity contribution in [2.45, 2.75) is 6.92 Å². The summed E-state index contributed by atoms with van der Waals surface area (Å²) in [7, 11) is 3.74. The van der Waals surface area contributed by atoms with Gasteiger partial charge in [0, 0.05) is 37.0 Å². The lowest BCUT2D eigenvalue weighted by atomic mass is 10.1. The van der Waals surface area contributed by atoms with Gasteiger partial charge in [0.1, 0.15) is 11.3 Å². The fourth-order valence-electron chi connectivity index (χ4n) is 1.84. The number of hydrogen-bond acceptors (Lipinski definition) is 5. The lowest BCUT2D eigenvalue weighted by Gasteiger charge is -2.04. The van der Waals surface area contributed by atoms with Crippen molar-refractivity contribution < 1.29 is 14.1 Å². The van der Waals surface area contributed by atoms with Gasteiger partial charge < -0.3 is 14.2 Å². The maximum absolute atomic E-state index is 12.2. The van der Waals surface area contributed by atoms with Crippen molar-refractivity contribution in [3.05, 3.63) is 46.8 Å². The van der Waals surface area contributed by atoms with Crippen molar-refractivity contribution in [2.24, 2.45) is 0 Å². The summed E-state index contributed by atoms with van der Waals surface area (Å²) < 4.78 is 10.4. The molecule has 0 amide bonds. The predicted octanol–water partition coefficient (Wildman–Crippen LogP) is 3.70. The number of carbonyl (C=O) groups excluding carboxylic acids is 1. The summed E-state index contributed by atoms with van der Waals surface area (Å²) in [5.74, 6) is -0.107. The Kier molecular flexibility index (Phi) is 5.22. The van der Waals surface area contributed by atoms with Crippen LogP contribution >= 0.6 is 11.6 Å². The van der Waals surface area contributed by atoms with E-state index in [1.165, 1.54) is 0 Å². The number of halogens is 1. The Labute approximate surface area is 134 Å². The molecule has 0 spiro atoms. The van der Waals surface area contributed by atoms with Gasteiger partial charge in [-0.15, -0.1) is 0 Å². The summed E-state index contributed by atoms with van der Waals surface area (Å²) in [5, 5.41) is 4.62. The highest BCUT2D eigenvalue weighted by Gasteiger charge is 2.23. The van der Waals surface area contributed by atoms with E-state index in [2.05, 4.69) is 5.16 Å². The fraction of sp³-hybridized carbons (Fsp3) is 0.250. The largest absolute Gasteiger partial charge is 0.462 e. The Hall–Kier alpha value is -2.27. The second-order valence-electron chi connectivity index (χ2n) is 4.78. The molecule has 0 N–H and O–H groups in total. The lowest BCUT2D eigenvalue weighted by molar-refractivity contribution is 0.0526. The van der Waals surface area contributed by atoms with E-state index in [-0.39, 0.29) is 6.61 Å². The number of ether oxygens (including phenoxy) is 1. The highest BCUT2D eigenvalue weighted by atomic mass is 35.5. The SMILES string of the molecule is CCOC(=O)c1c(-c2ccc(Cl)cc2)noc1/C=C/N(C)C. The highest BCUT2D eigenvalue weighted by molar-refractivity contribution is 6.30. The van der Waals surface area contributed by atoms with Crippen LogP contribution in [0.3, 0.4) is 0 Å². The molecule has 0 fully saturated rings. The van der Waals surface area contributed by atoms with Gasteiger partial charge in [-0.1, -0.05) is 28.9 Å². The van der Waals surface area contributed by atoms with Crippen LogP contribution in [0.15, 0.2) is 35.0 Å². The number of aromatic nitrogens is 1. The number of carbonyl (C=O) groups is 1. The fourth-order valence-corrected chi connectivity index (χ4v) is 1.96. The van der Waals surface area contributed by atoms with Crippen LogP contribution in [0.4, 0.5) is 0 Å². The molecule has 22 heavy (non-hydrogen) atoms. The zero-order chi connectivity index (χ0) is 16.1. The molecule has 0 aliphatic carbocycles. The number of rotatable bonds is 5. The third-order valence-corrected chi connectivity index (χ3v) is 3.09. The summed E-state index contributed by atoms with van der Waals surface area (Å²) >= 11 is 5.89. The Morgan fingerprint density at radius 1 is 1.36 bits per heavy atom. The smallest absolute Gasteiger partial charge is 0.344 e. The van der Waals surface area contributed by atoms with Crippen LogP contribution in [0.25, 0.3) is 17.3 Å². The van der Waals surface area contributed by atoms with E-state index in [1.807, 2.05) is 19.0 Å². The lowest BCUT2D eigenvalue weighted by Crippen LogP contribution is -2.07. The van der Waals surface area contributed by atoms with Crippen LogP contribution in [0, 0.1) is 0 Å². The van der Waals surface area contributed by atoms with Crippen molar-refractivity contribution in [1.29, 1.82) is 0 Å². The van der Waals surface area contributed by atoms with Gasteiger partial charge >= 0.3 is 5.97 Å². The summed E-state index contributed by atoms with van der Waals surface area (Å²) in [6.07, 6.45) is 3.45. The van der Waals surface area contributed by atoms with Crippen LogP contribution in [-0.4, -0.2) is 36.7 Å². The molecule has 2 aromatic rings. The molecule has 0 atom stereocenters. The van der Waals surface area contributed by atoms with E-state index in [9.17, 15) is 4.79 Å². The molecule has 0 aliphatic rings. The van der Waals surface area contributed by atoms with Gasteiger partial charge in [-0.2, -0.15) is 0 Å². The molecule has 6 heteroatoms. The first-order chi connectivity index (χ1) is 10.5. The number of esters is 1. The molecule has 0 aliphatic heterocycles. The number of nitrogens with zero attached hydrogens (tertiary/aromatic N) is 2. The number of benzene rings is 1.